The molecule has 1 aliphatic heterocycles. The van der Waals surface area contributed by atoms with E-state index in [0.717, 1.165) is 37.2 Å². The summed E-state index contributed by atoms with van der Waals surface area (Å²) in [5.41, 5.74) is 1.93. The summed E-state index contributed by atoms with van der Waals surface area (Å²) in [5.74, 6) is 0. The molecular formula is C15H20N4O. The molecule has 5 nitrogen and oxygen atoms in total. The predicted molar refractivity (Wildman–Crippen MR) is 78.4 cm³/mol. The molecule has 106 valence electrons. The number of carbonyl (C=O) groups excluding carboxylic acids is 1. The van der Waals surface area contributed by atoms with Crippen LogP contribution < -0.4 is 10.6 Å². The molecule has 0 radical (unpaired) electrons. The number of hydrogen-bond donors (Lipinski definition) is 2. The lowest BCUT2D eigenvalue weighted by molar-refractivity contribution is 0.211. The monoisotopic (exact) mass is 272 g/mol. The molecule has 2 rings (SSSR count). The second-order valence-electron chi connectivity index (χ2n) is 5.18. The van der Waals surface area contributed by atoms with Crippen molar-refractivity contribution >= 4 is 11.7 Å². The Bertz CT molecular complexity index is 501. The maximum atomic E-state index is 11.9. The van der Waals surface area contributed by atoms with Crippen molar-refractivity contribution in [3.05, 3.63) is 29.8 Å². The summed E-state index contributed by atoms with van der Waals surface area (Å²) in [6.45, 7) is 4.20. The summed E-state index contributed by atoms with van der Waals surface area (Å²) < 4.78 is 0. The summed E-state index contributed by atoms with van der Waals surface area (Å²) in [5, 5.41) is 14.5. The number of piperidine rings is 1. The highest BCUT2D eigenvalue weighted by Crippen LogP contribution is 2.12. The lowest BCUT2D eigenvalue weighted by Crippen LogP contribution is -2.46. The number of urea groups is 1. The summed E-state index contributed by atoms with van der Waals surface area (Å²) >= 11 is 0. The van der Waals surface area contributed by atoms with E-state index in [1.807, 2.05) is 31.2 Å². The third-order valence-corrected chi connectivity index (χ3v) is 3.49. The van der Waals surface area contributed by atoms with Crippen LogP contribution in [-0.4, -0.2) is 36.6 Å². The van der Waals surface area contributed by atoms with E-state index in [2.05, 4.69) is 21.6 Å². The second kappa shape index (κ2) is 6.92. The number of carbonyl (C=O) groups is 1. The largest absolute Gasteiger partial charge is 0.335 e. The molecular weight excluding hydrogens is 252 g/mol. The summed E-state index contributed by atoms with van der Waals surface area (Å²) in [4.78, 5) is 14.0. The SMILES string of the molecule is Cc1cccc(NC(=O)NC2CCN(CC#N)CC2)c1. The lowest BCUT2D eigenvalue weighted by atomic mass is 10.1. The van der Waals surface area contributed by atoms with Crippen molar-refractivity contribution in [3.63, 3.8) is 0 Å². The van der Waals surface area contributed by atoms with Crippen LogP contribution in [0, 0.1) is 18.3 Å². The van der Waals surface area contributed by atoms with Gasteiger partial charge < -0.3 is 10.6 Å². The zero-order valence-corrected chi connectivity index (χ0v) is 11.7. The van der Waals surface area contributed by atoms with Crippen molar-refractivity contribution in [3.8, 4) is 6.07 Å². The van der Waals surface area contributed by atoms with Crippen molar-refractivity contribution in [2.45, 2.75) is 25.8 Å². The smallest absolute Gasteiger partial charge is 0.319 e. The maximum absolute atomic E-state index is 11.9. The third kappa shape index (κ3) is 4.25. The van der Waals surface area contributed by atoms with Gasteiger partial charge >= 0.3 is 6.03 Å². The Labute approximate surface area is 119 Å². The molecule has 0 atom stereocenters. The van der Waals surface area contributed by atoms with Crippen LogP contribution in [0.4, 0.5) is 10.5 Å². The lowest BCUT2D eigenvalue weighted by Gasteiger charge is -2.30. The molecule has 2 amide bonds. The van der Waals surface area contributed by atoms with Crippen LogP contribution in [0.2, 0.25) is 0 Å². The molecule has 1 heterocycles. The van der Waals surface area contributed by atoms with E-state index < -0.39 is 0 Å². The Morgan fingerprint density at radius 1 is 1.45 bits per heavy atom. The van der Waals surface area contributed by atoms with Gasteiger partial charge in [-0.1, -0.05) is 12.1 Å². The van der Waals surface area contributed by atoms with Crippen LogP contribution in [0.15, 0.2) is 24.3 Å². The van der Waals surface area contributed by atoms with Crippen molar-refractivity contribution in [1.82, 2.24) is 10.2 Å². The summed E-state index contributed by atoms with van der Waals surface area (Å²) in [7, 11) is 0. The summed E-state index contributed by atoms with van der Waals surface area (Å²) in [6, 6.07) is 9.92. The highest BCUT2D eigenvalue weighted by Gasteiger charge is 2.20. The van der Waals surface area contributed by atoms with E-state index in [0.29, 0.717) is 6.54 Å². The third-order valence-electron chi connectivity index (χ3n) is 3.49. The Kier molecular flexibility index (Phi) is 4.97. The summed E-state index contributed by atoms with van der Waals surface area (Å²) in [6.07, 6.45) is 1.78. The van der Waals surface area contributed by atoms with Gasteiger partial charge in [0.25, 0.3) is 0 Å². The minimum atomic E-state index is -0.158. The first-order valence-corrected chi connectivity index (χ1v) is 6.91. The van der Waals surface area contributed by atoms with Crippen molar-refractivity contribution in [2.75, 3.05) is 25.0 Å². The standard InChI is InChI=1S/C15H20N4O/c1-12-3-2-4-14(11-12)18-15(20)17-13-5-8-19(9-6-13)10-7-16/h2-4,11,13H,5-6,8-10H2,1H3,(H2,17,18,20). The van der Waals surface area contributed by atoms with Gasteiger partial charge in [-0.25, -0.2) is 4.79 Å². The first-order valence-electron chi connectivity index (χ1n) is 6.91. The fraction of sp³-hybridized carbons (Fsp3) is 0.467. The van der Waals surface area contributed by atoms with Crippen LogP contribution in [0.25, 0.3) is 0 Å². The Hall–Kier alpha value is -2.06. The maximum Gasteiger partial charge on any atom is 0.319 e. The van der Waals surface area contributed by atoms with Crippen molar-refractivity contribution in [1.29, 1.82) is 5.26 Å². The molecule has 0 bridgehead atoms. The molecule has 1 aromatic rings. The quantitative estimate of drug-likeness (QED) is 0.828. The van der Waals surface area contributed by atoms with Crippen molar-refractivity contribution in [2.24, 2.45) is 0 Å². The number of benzene rings is 1. The van der Waals surface area contributed by atoms with E-state index in [4.69, 9.17) is 5.26 Å². The number of nitrogens with one attached hydrogen (secondary N) is 2. The molecule has 0 aliphatic carbocycles. The van der Waals surface area contributed by atoms with Crippen molar-refractivity contribution < 1.29 is 4.79 Å². The topological polar surface area (TPSA) is 68.2 Å². The van der Waals surface area contributed by atoms with E-state index in [-0.39, 0.29) is 12.1 Å². The molecule has 0 spiro atoms. The van der Waals surface area contributed by atoms with Gasteiger partial charge in [0.1, 0.15) is 0 Å². The van der Waals surface area contributed by atoms with E-state index in [1.54, 1.807) is 0 Å². The van der Waals surface area contributed by atoms with Gasteiger partial charge in [0.05, 0.1) is 12.6 Å². The van der Waals surface area contributed by atoms with E-state index in [9.17, 15) is 4.79 Å². The molecule has 0 unspecified atom stereocenters. The second-order valence-corrected chi connectivity index (χ2v) is 5.18. The molecule has 5 heteroatoms. The van der Waals surface area contributed by atoms with Crippen LogP contribution >= 0.6 is 0 Å². The highest BCUT2D eigenvalue weighted by atomic mass is 16.2. The first kappa shape index (κ1) is 14.4. The molecule has 20 heavy (non-hydrogen) atoms. The van der Waals surface area contributed by atoms with Gasteiger partial charge in [0, 0.05) is 24.8 Å². The molecule has 1 saturated heterocycles. The Morgan fingerprint density at radius 2 is 2.20 bits per heavy atom. The number of likely N-dealkylation sites (tertiary alicyclic amines) is 1. The van der Waals surface area contributed by atoms with Crippen LogP contribution in [0.3, 0.4) is 0 Å². The van der Waals surface area contributed by atoms with Gasteiger partial charge in [-0.15, -0.1) is 0 Å². The number of anilines is 1. The van der Waals surface area contributed by atoms with Gasteiger partial charge in [0.15, 0.2) is 0 Å². The molecule has 0 saturated carbocycles. The fourth-order valence-corrected chi connectivity index (χ4v) is 2.41. The fourth-order valence-electron chi connectivity index (χ4n) is 2.41. The number of amides is 2. The Balaban J connectivity index is 1.77. The average molecular weight is 272 g/mol. The zero-order valence-electron chi connectivity index (χ0n) is 11.7. The minimum Gasteiger partial charge on any atom is -0.335 e. The molecule has 1 aliphatic rings. The zero-order chi connectivity index (χ0) is 14.4. The van der Waals surface area contributed by atoms with Gasteiger partial charge in [-0.2, -0.15) is 5.26 Å². The predicted octanol–water partition coefficient (Wildman–Crippen LogP) is 2.10. The minimum absolute atomic E-state index is 0.158. The van der Waals surface area contributed by atoms with Crippen LogP contribution in [-0.2, 0) is 0 Å². The number of nitriles is 1. The number of rotatable bonds is 3. The van der Waals surface area contributed by atoms with Gasteiger partial charge in [0.2, 0.25) is 0 Å². The molecule has 0 aromatic heterocycles. The molecule has 2 N–H and O–H groups in total. The van der Waals surface area contributed by atoms with E-state index >= 15 is 0 Å². The molecule has 1 aromatic carbocycles. The number of nitrogens with zero attached hydrogens (tertiary/aromatic N) is 2. The number of hydrogen-bond acceptors (Lipinski definition) is 3. The average Bonchev–Trinajstić information content (AvgIpc) is 2.41. The first-order chi connectivity index (χ1) is 9.67. The van der Waals surface area contributed by atoms with E-state index in [1.165, 1.54) is 0 Å². The Morgan fingerprint density at radius 3 is 2.85 bits per heavy atom. The van der Waals surface area contributed by atoms with Gasteiger partial charge in [-0.3, -0.25) is 4.90 Å². The normalized spacial score (nSPS) is 16.4. The molecule has 1 fully saturated rings. The van der Waals surface area contributed by atoms with Crippen LogP contribution in [0.1, 0.15) is 18.4 Å². The van der Waals surface area contributed by atoms with Crippen LogP contribution in [0.5, 0.6) is 0 Å². The number of aryl methyl sites for hydroxylation is 1. The highest BCUT2D eigenvalue weighted by molar-refractivity contribution is 5.89. The van der Waals surface area contributed by atoms with Gasteiger partial charge in [-0.05, 0) is 37.5 Å².